The summed E-state index contributed by atoms with van der Waals surface area (Å²) in [6, 6.07) is 4.28. The zero-order valence-electron chi connectivity index (χ0n) is 13.1. The van der Waals surface area contributed by atoms with Gasteiger partial charge in [0, 0.05) is 9.75 Å². The Balaban J connectivity index is 0.000000163. The quantitative estimate of drug-likeness (QED) is 0.528. The first-order valence-corrected chi connectivity index (χ1v) is 8.89. The van der Waals surface area contributed by atoms with E-state index in [-0.39, 0.29) is 0 Å². The van der Waals surface area contributed by atoms with Crippen LogP contribution in [0.4, 0.5) is 0 Å². The van der Waals surface area contributed by atoms with Crippen molar-refractivity contribution in [1.82, 2.24) is 0 Å². The molecule has 1 aromatic heterocycles. The third-order valence-electron chi connectivity index (χ3n) is 5.01. The van der Waals surface area contributed by atoms with Crippen molar-refractivity contribution in [3.05, 3.63) is 21.9 Å². The van der Waals surface area contributed by atoms with Gasteiger partial charge in [0.2, 0.25) is 0 Å². The van der Waals surface area contributed by atoms with Crippen molar-refractivity contribution in [2.45, 2.75) is 66.2 Å². The summed E-state index contributed by atoms with van der Waals surface area (Å²) in [6.07, 6.45) is 9.17. The van der Waals surface area contributed by atoms with Crippen LogP contribution in [0.3, 0.4) is 0 Å². The van der Waals surface area contributed by atoms with Gasteiger partial charge in [0.15, 0.2) is 0 Å². The Kier molecular flexibility index (Phi) is 5.50. The molecule has 0 aliphatic heterocycles. The molecule has 0 bridgehead atoms. The lowest BCUT2D eigenvalue weighted by molar-refractivity contribution is 0.109. The molecule has 4 atom stereocenters. The molecule has 0 amide bonds. The first kappa shape index (κ1) is 15.1. The summed E-state index contributed by atoms with van der Waals surface area (Å²) in [4.78, 5) is 2.80. The third kappa shape index (κ3) is 4.63. The molecule has 4 unspecified atom stereocenters. The minimum atomic E-state index is 1.03. The molecule has 19 heavy (non-hydrogen) atoms. The molecule has 0 nitrogen and oxygen atoms in total. The van der Waals surface area contributed by atoms with E-state index in [1.165, 1.54) is 48.3 Å². The molecular formula is C18H30S. The largest absolute Gasteiger partial charge is 0.146 e. The average Bonchev–Trinajstić information content (AvgIpc) is 2.74. The molecule has 2 saturated carbocycles. The summed E-state index contributed by atoms with van der Waals surface area (Å²) in [5.41, 5.74) is 0. The van der Waals surface area contributed by atoms with Crippen LogP contribution < -0.4 is 0 Å². The lowest BCUT2D eigenvalue weighted by atomic mass is 9.65. The van der Waals surface area contributed by atoms with E-state index in [2.05, 4.69) is 39.8 Å². The van der Waals surface area contributed by atoms with Gasteiger partial charge in [-0.2, -0.15) is 0 Å². The topological polar surface area (TPSA) is 0 Å². The first-order chi connectivity index (χ1) is 9.04. The SMILES string of the molecule is CC1CCC2CC(C)CCC2C1.Cc1ccc(C)s1. The molecular weight excluding hydrogens is 248 g/mol. The van der Waals surface area contributed by atoms with E-state index in [0.717, 1.165) is 23.7 Å². The molecule has 0 aromatic carbocycles. The number of rotatable bonds is 0. The van der Waals surface area contributed by atoms with E-state index < -0.39 is 0 Å². The average molecular weight is 279 g/mol. The summed E-state index contributed by atoms with van der Waals surface area (Å²) in [7, 11) is 0. The molecule has 1 heteroatoms. The van der Waals surface area contributed by atoms with Crippen molar-refractivity contribution in [3.8, 4) is 0 Å². The number of aryl methyl sites for hydroxylation is 2. The maximum Gasteiger partial charge on any atom is 0.00170 e. The highest BCUT2D eigenvalue weighted by molar-refractivity contribution is 7.11. The van der Waals surface area contributed by atoms with Crippen molar-refractivity contribution < 1.29 is 0 Å². The van der Waals surface area contributed by atoms with Crippen molar-refractivity contribution in [2.75, 3.05) is 0 Å². The standard InChI is InChI=1S/C12H22.C6H8S/c1-9-3-5-12-8-10(2)4-6-11(12)7-9;1-5-3-4-6(2)7-5/h9-12H,3-8H2,1-2H3;3-4H,1-2H3. The molecule has 0 spiro atoms. The van der Waals surface area contributed by atoms with Gasteiger partial charge in [-0.05, 0) is 75.3 Å². The van der Waals surface area contributed by atoms with Gasteiger partial charge >= 0.3 is 0 Å². The van der Waals surface area contributed by atoms with Crippen LogP contribution in [-0.2, 0) is 0 Å². The second-order valence-electron chi connectivity index (χ2n) is 7.01. The van der Waals surface area contributed by atoms with E-state index in [1.807, 2.05) is 11.3 Å². The lowest BCUT2D eigenvalue weighted by Crippen LogP contribution is -2.29. The Labute approximate surface area is 123 Å². The van der Waals surface area contributed by atoms with Crippen LogP contribution in [0.5, 0.6) is 0 Å². The monoisotopic (exact) mass is 278 g/mol. The molecule has 1 aromatic rings. The Hall–Kier alpha value is -0.300. The van der Waals surface area contributed by atoms with Gasteiger partial charge in [0.05, 0.1) is 0 Å². The zero-order valence-corrected chi connectivity index (χ0v) is 13.9. The van der Waals surface area contributed by atoms with Gasteiger partial charge in [-0.15, -0.1) is 11.3 Å². The van der Waals surface area contributed by atoms with Crippen molar-refractivity contribution in [3.63, 3.8) is 0 Å². The maximum atomic E-state index is 2.44. The highest BCUT2D eigenvalue weighted by Crippen LogP contribution is 2.44. The maximum absolute atomic E-state index is 2.44. The van der Waals surface area contributed by atoms with Gasteiger partial charge in [0.1, 0.15) is 0 Å². The summed E-state index contributed by atoms with van der Waals surface area (Å²) < 4.78 is 0. The van der Waals surface area contributed by atoms with Crippen LogP contribution >= 0.6 is 11.3 Å². The Morgan fingerprint density at radius 1 is 0.789 bits per heavy atom. The number of hydrogen-bond donors (Lipinski definition) is 0. The van der Waals surface area contributed by atoms with Crippen LogP contribution in [0, 0.1) is 37.5 Å². The van der Waals surface area contributed by atoms with Gasteiger partial charge in [-0.25, -0.2) is 0 Å². The number of thiophene rings is 1. The smallest absolute Gasteiger partial charge is 0.00170 e. The van der Waals surface area contributed by atoms with Crippen LogP contribution in [0.2, 0.25) is 0 Å². The number of hydrogen-bond acceptors (Lipinski definition) is 1. The van der Waals surface area contributed by atoms with Gasteiger partial charge in [-0.1, -0.05) is 26.7 Å². The molecule has 2 aliphatic rings. The molecule has 0 radical (unpaired) electrons. The minimum Gasteiger partial charge on any atom is -0.146 e. The predicted octanol–water partition coefficient (Wildman–Crippen LogP) is 6.22. The predicted molar refractivity (Wildman–Crippen MR) is 86.8 cm³/mol. The van der Waals surface area contributed by atoms with Crippen molar-refractivity contribution in [1.29, 1.82) is 0 Å². The van der Waals surface area contributed by atoms with E-state index in [0.29, 0.717) is 0 Å². The third-order valence-corrected chi connectivity index (χ3v) is 5.93. The summed E-state index contributed by atoms with van der Waals surface area (Å²) in [6.45, 7) is 9.12. The summed E-state index contributed by atoms with van der Waals surface area (Å²) in [5, 5.41) is 0. The molecule has 0 N–H and O–H groups in total. The normalized spacial score (nSPS) is 34.1. The van der Waals surface area contributed by atoms with E-state index in [9.17, 15) is 0 Å². The molecule has 0 saturated heterocycles. The number of fused-ring (bicyclic) bond motifs is 1. The van der Waals surface area contributed by atoms with E-state index >= 15 is 0 Å². The fourth-order valence-electron chi connectivity index (χ4n) is 3.92. The molecule has 108 valence electrons. The molecule has 1 heterocycles. The fourth-order valence-corrected chi connectivity index (χ4v) is 4.70. The second-order valence-corrected chi connectivity index (χ2v) is 8.51. The Morgan fingerprint density at radius 2 is 1.21 bits per heavy atom. The Morgan fingerprint density at radius 3 is 1.53 bits per heavy atom. The van der Waals surface area contributed by atoms with Crippen molar-refractivity contribution >= 4 is 11.3 Å². The van der Waals surface area contributed by atoms with Gasteiger partial charge in [0.25, 0.3) is 0 Å². The van der Waals surface area contributed by atoms with Crippen LogP contribution in [-0.4, -0.2) is 0 Å². The second kappa shape index (κ2) is 6.92. The Bertz CT molecular complexity index is 344. The molecule has 3 rings (SSSR count). The summed E-state index contributed by atoms with van der Waals surface area (Å²) >= 11 is 1.84. The lowest BCUT2D eigenvalue weighted by Gasteiger charge is -2.40. The summed E-state index contributed by atoms with van der Waals surface area (Å²) in [5.74, 6) is 4.29. The first-order valence-electron chi connectivity index (χ1n) is 8.07. The highest BCUT2D eigenvalue weighted by atomic mass is 32.1. The van der Waals surface area contributed by atoms with Gasteiger partial charge in [-0.3, -0.25) is 0 Å². The van der Waals surface area contributed by atoms with Crippen LogP contribution in [0.1, 0.15) is 62.1 Å². The fraction of sp³-hybridized carbons (Fsp3) is 0.778. The highest BCUT2D eigenvalue weighted by Gasteiger charge is 2.32. The molecule has 2 aliphatic carbocycles. The molecule has 2 fully saturated rings. The van der Waals surface area contributed by atoms with Gasteiger partial charge < -0.3 is 0 Å². The zero-order chi connectivity index (χ0) is 13.8. The van der Waals surface area contributed by atoms with Crippen LogP contribution in [0.15, 0.2) is 12.1 Å². The minimum absolute atomic E-state index is 1.03. The van der Waals surface area contributed by atoms with Crippen LogP contribution in [0.25, 0.3) is 0 Å². The van der Waals surface area contributed by atoms with E-state index in [1.54, 1.807) is 0 Å². The van der Waals surface area contributed by atoms with Crippen molar-refractivity contribution in [2.24, 2.45) is 23.7 Å². The van der Waals surface area contributed by atoms with E-state index in [4.69, 9.17) is 0 Å².